The number of Topliss-reactive ketones (excluding diaryl/α,β-unsaturated/α-hetero) is 1. The van der Waals surface area contributed by atoms with Crippen molar-refractivity contribution in [3.05, 3.63) is 73.1 Å². The van der Waals surface area contributed by atoms with Crippen molar-refractivity contribution in [1.82, 2.24) is 9.13 Å². The Morgan fingerprint density at radius 1 is 1.07 bits per heavy atom. The molecule has 29 heavy (non-hydrogen) atoms. The van der Waals surface area contributed by atoms with Crippen LogP contribution >= 0.6 is 0 Å². The standard InChI is InChI=1S/C22H22N4O3/c1-22(2)9-14-17(15(27)10-22)16(13-7-5-12(11-23)6-8-13)18-19(24-14)25(3)21(29)26(4)20(18)28/h5-8,16,24H,9-10H2,1-4H3/t16-/m1/s1. The van der Waals surface area contributed by atoms with Crippen LogP contribution in [0.2, 0.25) is 0 Å². The zero-order chi connectivity index (χ0) is 21.1. The van der Waals surface area contributed by atoms with Crippen molar-refractivity contribution < 1.29 is 4.79 Å². The number of hydrogen-bond donors (Lipinski definition) is 1. The molecule has 2 heterocycles. The summed E-state index contributed by atoms with van der Waals surface area (Å²) >= 11 is 0. The number of fused-ring (bicyclic) bond motifs is 1. The van der Waals surface area contributed by atoms with Gasteiger partial charge in [0, 0.05) is 37.7 Å². The van der Waals surface area contributed by atoms with E-state index < -0.39 is 17.2 Å². The van der Waals surface area contributed by atoms with Crippen LogP contribution in [-0.2, 0) is 18.9 Å². The second kappa shape index (κ2) is 6.31. The van der Waals surface area contributed by atoms with Crippen LogP contribution in [0.15, 0.2) is 45.1 Å². The molecule has 1 aromatic carbocycles. The summed E-state index contributed by atoms with van der Waals surface area (Å²) in [6.07, 6.45) is 1.03. The molecule has 7 nitrogen and oxygen atoms in total. The Bertz CT molecular complexity index is 1240. The molecule has 2 aromatic rings. The summed E-state index contributed by atoms with van der Waals surface area (Å²) in [7, 11) is 3.06. The zero-order valence-corrected chi connectivity index (χ0v) is 16.9. The molecule has 1 aliphatic heterocycles. The first-order chi connectivity index (χ1) is 13.6. The number of allylic oxidation sites excluding steroid dienone is 2. The molecule has 1 atom stereocenters. The summed E-state index contributed by atoms with van der Waals surface area (Å²) in [5.41, 5.74) is 1.91. The van der Waals surface area contributed by atoms with Crippen molar-refractivity contribution in [1.29, 1.82) is 5.26 Å². The number of ketones is 1. The van der Waals surface area contributed by atoms with E-state index in [1.165, 1.54) is 11.6 Å². The molecule has 1 aliphatic carbocycles. The molecule has 1 N–H and O–H groups in total. The normalized spacial score (nSPS) is 19.8. The van der Waals surface area contributed by atoms with Gasteiger partial charge in [0.1, 0.15) is 5.82 Å². The first kappa shape index (κ1) is 18.9. The van der Waals surface area contributed by atoms with Gasteiger partial charge in [0.15, 0.2) is 5.78 Å². The second-order valence-corrected chi connectivity index (χ2v) is 8.59. The summed E-state index contributed by atoms with van der Waals surface area (Å²) in [6, 6.07) is 9.01. The van der Waals surface area contributed by atoms with Gasteiger partial charge in [-0.15, -0.1) is 0 Å². The Hall–Kier alpha value is -3.40. The minimum absolute atomic E-state index is 0.000309. The summed E-state index contributed by atoms with van der Waals surface area (Å²) in [5.74, 6) is -0.153. The van der Waals surface area contributed by atoms with Gasteiger partial charge < -0.3 is 5.32 Å². The number of nitriles is 1. The molecule has 4 rings (SSSR count). The number of carbonyl (C=O) groups is 1. The molecule has 0 saturated heterocycles. The lowest BCUT2D eigenvalue weighted by atomic mass is 9.69. The minimum Gasteiger partial charge on any atom is -0.344 e. The number of anilines is 1. The number of nitrogens with one attached hydrogen (secondary N) is 1. The predicted molar refractivity (Wildman–Crippen MR) is 109 cm³/mol. The molecule has 0 spiro atoms. The van der Waals surface area contributed by atoms with Crippen LogP contribution in [0.25, 0.3) is 0 Å². The molecule has 1 aromatic heterocycles. The molecule has 148 valence electrons. The van der Waals surface area contributed by atoms with Crippen molar-refractivity contribution in [2.45, 2.75) is 32.6 Å². The highest BCUT2D eigenvalue weighted by Gasteiger charge is 2.42. The maximum Gasteiger partial charge on any atom is 0.332 e. The van der Waals surface area contributed by atoms with Crippen molar-refractivity contribution in [3.63, 3.8) is 0 Å². The molecule has 0 bridgehead atoms. The average Bonchev–Trinajstić information content (AvgIpc) is 2.68. The van der Waals surface area contributed by atoms with Crippen LogP contribution in [0.5, 0.6) is 0 Å². The predicted octanol–water partition coefficient (Wildman–Crippen LogP) is 2.16. The van der Waals surface area contributed by atoms with Crippen molar-refractivity contribution in [2.24, 2.45) is 19.5 Å². The largest absolute Gasteiger partial charge is 0.344 e. The van der Waals surface area contributed by atoms with E-state index in [2.05, 4.69) is 11.4 Å². The third kappa shape index (κ3) is 2.83. The summed E-state index contributed by atoms with van der Waals surface area (Å²) in [6.45, 7) is 4.07. The van der Waals surface area contributed by atoms with E-state index in [0.717, 1.165) is 15.8 Å². The Morgan fingerprint density at radius 3 is 2.34 bits per heavy atom. The fourth-order valence-electron chi connectivity index (χ4n) is 4.43. The van der Waals surface area contributed by atoms with Gasteiger partial charge in [-0.1, -0.05) is 26.0 Å². The quantitative estimate of drug-likeness (QED) is 0.805. The monoisotopic (exact) mass is 390 g/mol. The van der Waals surface area contributed by atoms with Crippen LogP contribution in [0.3, 0.4) is 0 Å². The van der Waals surface area contributed by atoms with E-state index in [0.29, 0.717) is 35.4 Å². The van der Waals surface area contributed by atoms with E-state index in [1.54, 1.807) is 31.3 Å². The Labute approximate surface area is 167 Å². The third-order valence-corrected chi connectivity index (χ3v) is 5.84. The lowest BCUT2D eigenvalue weighted by Crippen LogP contribution is -2.45. The Balaban J connectivity index is 2.06. The van der Waals surface area contributed by atoms with Gasteiger partial charge in [0.25, 0.3) is 5.56 Å². The second-order valence-electron chi connectivity index (χ2n) is 8.59. The smallest absolute Gasteiger partial charge is 0.332 e. The van der Waals surface area contributed by atoms with Crippen molar-refractivity contribution >= 4 is 11.6 Å². The lowest BCUT2D eigenvalue weighted by molar-refractivity contribution is -0.118. The fourth-order valence-corrected chi connectivity index (χ4v) is 4.43. The van der Waals surface area contributed by atoms with E-state index in [4.69, 9.17) is 5.26 Å². The highest BCUT2D eigenvalue weighted by Crippen LogP contribution is 2.47. The molecule has 0 saturated carbocycles. The first-order valence-corrected chi connectivity index (χ1v) is 9.48. The van der Waals surface area contributed by atoms with Crippen molar-refractivity contribution in [2.75, 3.05) is 5.32 Å². The third-order valence-electron chi connectivity index (χ3n) is 5.84. The van der Waals surface area contributed by atoms with Gasteiger partial charge in [0.2, 0.25) is 0 Å². The van der Waals surface area contributed by atoms with E-state index >= 15 is 0 Å². The molecule has 2 aliphatic rings. The topological polar surface area (TPSA) is 96.9 Å². The average molecular weight is 390 g/mol. The van der Waals surface area contributed by atoms with Crippen LogP contribution in [0, 0.1) is 16.7 Å². The summed E-state index contributed by atoms with van der Waals surface area (Å²) in [4.78, 5) is 38.8. The molecule has 0 fully saturated rings. The number of hydrogen-bond acceptors (Lipinski definition) is 5. The minimum atomic E-state index is -0.580. The Morgan fingerprint density at radius 2 is 1.72 bits per heavy atom. The maximum atomic E-state index is 13.2. The van der Waals surface area contributed by atoms with Gasteiger partial charge in [0.05, 0.1) is 17.2 Å². The molecular formula is C22H22N4O3. The number of nitrogens with zero attached hydrogens (tertiary/aromatic N) is 3. The van der Waals surface area contributed by atoms with Gasteiger partial charge in [-0.05, 0) is 29.5 Å². The fraction of sp³-hybridized carbons (Fsp3) is 0.364. The van der Waals surface area contributed by atoms with E-state index in [9.17, 15) is 14.4 Å². The number of benzene rings is 1. The SMILES string of the molecule is Cn1c2c(c(=O)n(C)c1=O)[C@H](c1ccc(C#N)cc1)C1=C(CC(C)(C)CC1=O)N2. The van der Waals surface area contributed by atoms with E-state index in [-0.39, 0.29) is 11.2 Å². The van der Waals surface area contributed by atoms with Crippen LogP contribution in [0.4, 0.5) is 5.82 Å². The van der Waals surface area contributed by atoms with Crippen LogP contribution < -0.4 is 16.6 Å². The summed E-state index contributed by atoms with van der Waals surface area (Å²) in [5, 5.41) is 12.4. The highest BCUT2D eigenvalue weighted by atomic mass is 16.2. The number of carbonyl (C=O) groups excluding carboxylic acids is 1. The lowest BCUT2D eigenvalue weighted by Gasteiger charge is -2.39. The van der Waals surface area contributed by atoms with Crippen LogP contribution in [-0.4, -0.2) is 14.9 Å². The molecule has 0 unspecified atom stereocenters. The number of rotatable bonds is 1. The molecule has 0 amide bonds. The zero-order valence-electron chi connectivity index (χ0n) is 16.9. The molecule has 0 radical (unpaired) electrons. The van der Waals surface area contributed by atoms with Gasteiger partial charge in [-0.3, -0.25) is 18.7 Å². The van der Waals surface area contributed by atoms with Gasteiger partial charge in [-0.25, -0.2) is 4.79 Å². The van der Waals surface area contributed by atoms with Gasteiger partial charge in [-0.2, -0.15) is 5.26 Å². The highest BCUT2D eigenvalue weighted by molar-refractivity contribution is 6.01. The maximum absolute atomic E-state index is 13.2. The van der Waals surface area contributed by atoms with Gasteiger partial charge >= 0.3 is 5.69 Å². The molecule has 7 heteroatoms. The Kier molecular flexibility index (Phi) is 4.12. The van der Waals surface area contributed by atoms with Crippen LogP contribution in [0.1, 0.15) is 49.3 Å². The number of aromatic nitrogens is 2. The van der Waals surface area contributed by atoms with Crippen molar-refractivity contribution in [3.8, 4) is 6.07 Å². The van der Waals surface area contributed by atoms with E-state index in [1.807, 2.05) is 13.8 Å². The summed E-state index contributed by atoms with van der Waals surface area (Å²) < 4.78 is 2.49. The molecular weight excluding hydrogens is 368 g/mol. The first-order valence-electron chi connectivity index (χ1n) is 9.48.